The molecule has 0 aliphatic heterocycles. The Kier molecular flexibility index (Phi) is 2.67. The van der Waals surface area contributed by atoms with Crippen LogP contribution in [0.25, 0.3) is 5.57 Å². The number of hydrogen-bond donors (Lipinski definition) is 1. The summed E-state index contributed by atoms with van der Waals surface area (Å²) in [6, 6.07) is 10.7. The minimum atomic E-state index is -0.495. The number of allylic oxidation sites excluding steroid dienone is 3. The molecule has 1 atom stereocenters. The van der Waals surface area contributed by atoms with Gasteiger partial charge < -0.3 is 5.11 Å². The van der Waals surface area contributed by atoms with Crippen LogP contribution in [-0.4, -0.2) is 10.7 Å². The molecule has 0 spiro atoms. The van der Waals surface area contributed by atoms with Gasteiger partial charge in [0.25, 0.3) is 0 Å². The lowest BCUT2D eigenvalue weighted by molar-refractivity contribution is 0.0464. The molecule has 3 rings (SSSR count). The molecule has 2 aliphatic rings. The van der Waals surface area contributed by atoms with Gasteiger partial charge in [0.1, 0.15) is 0 Å². The van der Waals surface area contributed by atoms with Crippen molar-refractivity contribution >= 4 is 5.57 Å². The van der Waals surface area contributed by atoms with E-state index in [0.717, 1.165) is 25.7 Å². The van der Waals surface area contributed by atoms with Gasteiger partial charge in [-0.1, -0.05) is 41.5 Å². The molecule has 1 heteroatoms. The largest absolute Gasteiger partial charge is 0.390 e. The van der Waals surface area contributed by atoms with Gasteiger partial charge in [0.15, 0.2) is 0 Å². The second kappa shape index (κ2) is 4.10. The molecule has 0 amide bonds. The zero-order chi connectivity index (χ0) is 12.8. The number of hydrogen-bond acceptors (Lipinski definition) is 1. The highest BCUT2D eigenvalue weighted by molar-refractivity contribution is 5.85. The van der Waals surface area contributed by atoms with Gasteiger partial charge in [-0.25, -0.2) is 0 Å². The Balaban J connectivity index is 2.01. The summed E-state index contributed by atoms with van der Waals surface area (Å²) in [5, 5.41) is 10.2. The first-order chi connectivity index (χ1) is 8.57. The summed E-state index contributed by atoms with van der Waals surface area (Å²) in [5.41, 5.74) is 6.71. The van der Waals surface area contributed by atoms with Gasteiger partial charge in [-0.2, -0.15) is 0 Å². The highest BCUT2D eigenvalue weighted by Crippen LogP contribution is 2.47. The Morgan fingerprint density at radius 1 is 1.17 bits per heavy atom. The van der Waals surface area contributed by atoms with Crippen molar-refractivity contribution in [1.29, 1.82) is 0 Å². The van der Waals surface area contributed by atoms with Crippen molar-refractivity contribution in [3.05, 3.63) is 52.6 Å². The van der Waals surface area contributed by atoms with Crippen LogP contribution in [0.3, 0.4) is 0 Å². The Labute approximate surface area is 109 Å². The Bertz CT molecular complexity index is 532. The summed E-state index contributed by atoms with van der Waals surface area (Å²) in [7, 11) is 0. The molecule has 0 saturated heterocycles. The van der Waals surface area contributed by atoms with E-state index in [1.54, 1.807) is 0 Å². The molecule has 0 bridgehead atoms. The van der Waals surface area contributed by atoms with E-state index in [-0.39, 0.29) is 0 Å². The van der Waals surface area contributed by atoms with Gasteiger partial charge in [0.2, 0.25) is 0 Å². The monoisotopic (exact) mass is 240 g/mol. The van der Waals surface area contributed by atoms with Crippen molar-refractivity contribution in [2.75, 3.05) is 0 Å². The van der Waals surface area contributed by atoms with E-state index in [0.29, 0.717) is 0 Å². The summed E-state index contributed by atoms with van der Waals surface area (Å²) in [6.07, 6.45) is 3.80. The molecular formula is C17H20O. The zero-order valence-electron chi connectivity index (χ0n) is 11.2. The molecule has 2 aliphatic carbocycles. The average Bonchev–Trinajstić information content (AvgIpc) is 2.64. The number of aliphatic hydroxyl groups is 1. The van der Waals surface area contributed by atoms with Crippen molar-refractivity contribution in [2.45, 2.75) is 45.1 Å². The van der Waals surface area contributed by atoms with E-state index in [2.05, 4.69) is 37.3 Å². The lowest BCUT2D eigenvalue weighted by Crippen LogP contribution is -2.27. The molecule has 1 aromatic rings. The van der Waals surface area contributed by atoms with Crippen LogP contribution in [-0.2, 0) is 0 Å². The molecule has 0 fully saturated rings. The summed E-state index contributed by atoms with van der Waals surface area (Å²) >= 11 is 0. The third-order valence-electron chi connectivity index (χ3n) is 4.20. The molecule has 1 aromatic carbocycles. The highest BCUT2D eigenvalue weighted by atomic mass is 16.3. The SMILES string of the molecule is CC1=C(c2ccccc2)C2=C(C1)C[C@](C)(O)CC2. The van der Waals surface area contributed by atoms with Crippen LogP contribution in [0, 0.1) is 0 Å². The molecule has 0 aromatic heterocycles. The molecule has 94 valence electrons. The fraction of sp³-hybridized carbons (Fsp3) is 0.412. The minimum Gasteiger partial charge on any atom is -0.390 e. The van der Waals surface area contributed by atoms with Gasteiger partial charge in [-0.3, -0.25) is 0 Å². The Morgan fingerprint density at radius 3 is 2.61 bits per heavy atom. The quantitative estimate of drug-likeness (QED) is 0.783. The Morgan fingerprint density at radius 2 is 1.89 bits per heavy atom. The molecule has 0 saturated carbocycles. The number of rotatable bonds is 1. The predicted octanol–water partition coefficient (Wildman–Crippen LogP) is 4.10. The van der Waals surface area contributed by atoms with Crippen LogP contribution < -0.4 is 0 Å². The van der Waals surface area contributed by atoms with Crippen molar-refractivity contribution in [1.82, 2.24) is 0 Å². The summed E-state index contributed by atoms with van der Waals surface area (Å²) < 4.78 is 0. The van der Waals surface area contributed by atoms with Gasteiger partial charge in [-0.05, 0) is 56.2 Å². The van der Waals surface area contributed by atoms with E-state index in [1.165, 1.54) is 27.9 Å². The minimum absolute atomic E-state index is 0.495. The van der Waals surface area contributed by atoms with Gasteiger partial charge in [0, 0.05) is 0 Å². The third kappa shape index (κ3) is 1.93. The molecule has 18 heavy (non-hydrogen) atoms. The standard InChI is InChI=1S/C17H20O/c1-12-10-14-11-17(2,18)9-8-15(14)16(12)13-6-4-3-5-7-13/h3-7,18H,8-11H2,1-2H3/t17-/m1/s1. The van der Waals surface area contributed by atoms with Crippen LogP contribution in [0.5, 0.6) is 0 Å². The second-order valence-electron chi connectivity index (χ2n) is 5.95. The first kappa shape index (κ1) is 11.7. The van der Waals surface area contributed by atoms with E-state index < -0.39 is 5.60 Å². The molecule has 1 nitrogen and oxygen atoms in total. The van der Waals surface area contributed by atoms with E-state index in [4.69, 9.17) is 0 Å². The van der Waals surface area contributed by atoms with E-state index in [9.17, 15) is 5.11 Å². The molecule has 0 heterocycles. The van der Waals surface area contributed by atoms with Crippen molar-refractivity contribution < 1.29 is 5.11 Å². The fourth-order valence-corrected chi connectivity index (χ4v) is 3.39. The topological polar surface area (TPSA) is 20.2 Å². The summed E-state index contributed by atoms with van der Waals surface area (Å²) in [4.78, 5) is 0. The maximum Gasteiger partial charge on any atom is 0.0660 e. The predicted molar refractivity (Wildman–Crippen MR) is 75.2 cm³/mol. The smallest absolute Gasteiger partial charge is 0.0660 e. The molecule has 0 radical (unpaired) electrons. The van der Waals surface area contributed by atoms with Crippen LogP contribution in [0.15, 0.2) is 47.1 Å². The molecule has 0 unspecified atom stereocenters. The Hall–Kier alpha value is -1.34. The lowest BCUT2D eigenvalue weighted by atomic mass is 9.80. The molecule has 1 N–H and O–H groups in total. The third-order valence-corrected chi connectivity index (χ3v) is 4.20. The van der Waals surface area contributed by atoms with Gasteiger partial charge >= 0.3 is 0 Å². The maximum absolute atomic E-state index is 10.2. The highest BCUT2D eigenvalue weighted by Gasteiger charge is 2.33. The van der Waals surface area contributed by atoms with E-state index in [1.807, 2.05) is 6.92 Å². The zero-order valence-corrected chi connectivity index (χ0v) is 11.2. The van der Waals surface area contributed by atoms with Gasteiger partial charge in [0.05, 0.1) is 5.60 Å². The average molecular weight is 240 g/mol. The first-order valence-corrected chi connectivity index (χ1v) is 6.76. The van der Waals surface area contributed by atoms with Crippen LogP contribution in [0.1, 0.15) is 45.1 Å². The van der Waals surface area contributed by atoms with Crippen LogP contribution in [0.2, 0.25) is 0 Å². The molecular weight excluding hydrogens is 220 g/mol. The van der Waals surface area contributed by atoms with Crippen molar-refractivity contribution in [3.8, 4) is 0 Å². The van der Waals surface area contributed by atoms with E-state index >= 15 is 0 Å². The normalized spacial score (nSPS) is 27.7. The van der Waals surface area contributed by atoms with Crippen molar-refractivity contribution in [2.24, 2.45) is 0 Å². The summed E-state index contributed by atoms with van der Waals surface area (Å²) in [5.74, 6) is 0. The summed E-state index contributed by atoms with van der Waals surface area (Å²) in [6.45, 7) is 4.20. The van der Waals surface area contributed by atoms with Gasteiger partial charge in [-0.15, -0.1) is 0 Å². The first-order valence-electron chi connectivity index (χ1n) is 6.76. The van der Waals surface area contributed by atoms with Crippen molar-refractivity contribution in [3.63, 3.8) is 0 Å². The van der Waals surface area contributed by atoms with Crippen LogP contribution >= 0.6 is 0 Å². The lowest BCUT2D eigenvalue weighted by Gasteiger charge is -2.30. The second-order valence-corrected chi connectivity index (χ2v) is 5.95. The van der Waals surface area contributed by atoms with Crippen LogP contribution in [0.4, 0.5) is 0 Å². The fourth-order valence-electron chi connectivity index (χ4n) is 3.39. The maximum atomic E-state index is 10.2. The number of benzene rings is 1.